The van der Waals surface area contributed by atoms with Gasteiger partial charge in [-0.05, 0) is 63.1 Å². The number of carbonyl (C=O) groups excluding carboxylic acids is 1. The van der Waals surface area contributed by atoms with Crippen molar-refractivity contribution in [2.24, 2.45) is 0 Å². The van der Waals surface area contributed by atoms with Crippen molar-refractivity contribution < 1.29 is 23.1 Å². The van der Waals surface area contributed by atoms with Crippen LogP contribution in [0.1, 0.15) is 25.3 Å². The lowest BCUT2D eigenvalue weighted by Gasteiger charge is -2.33. The SMILES string of the molecule is Cc1ccc(S(=O)(=O)NC2CCN(C(=O)C(C)Oc3ccc(O)cc3)CC2)cc1. The van der Waals surface area contributed by atoms with Crippen LogP contribution in [0.5, 0.6) is 11.5 Å². The number of hydrogen-bond acceptors (Lipinski definition) is 5. The van der Waals surface area contributed by atoms with Crippen LogP contribution in [0.4, 0.5) is 0 Å². The van der Waals surface area contributed by atoms with Gasteiger partial charge in [-0.15, -0.1) is 0 Å². The van der Waals surface area contributed by atoms with E-state index in [0.29, 0.717) is 31.7 Å². The molecular formula is C21H26N2O5S. The van der Waals surface area contributed by atoms with Crippen LogP contribution in [-0.4, -0.2) is 49.6 Å². The summed E-state index contributed by atoms with van der Waals surface area (Å²) < 4.78 is 33.5. The molecule has 0 spiro atoms. The number of aryl methyl sites for hydroxylation is 1. The molecule has 3 rings (SSSR count). The maximum atomic E-state index is 12.6. The van der Waals surface area contributed by atoms with E-state index >= 15 is 0 Å². The summed E-state index contributed by atoms with van der Waals surface area (Å²) in [6, 6.07) is 12.7. The van der Waals surface area contributed by atoms with Crippen molar-refractivity contribution in [2.45, 2.75) is 43.7 Å². The summed E-state index contributed by atoms with van der Waals surface area (Å²) in [7, 11) is -3.57. The molecule has 0 aromatic heterocycles. The number of sulfonamides is 1. The molecule has 1 saturated heterocycles. The van der Waals surface area contributed by atoms with Gasteiger partial charge in [-0.2, -0.15) is 0 Å². The van der Waals surface area contributed by atoms with Gasteiger partial charge in [0.1, 0.15) is 11.5 Å². The Balaban J connectivity index is 1.52. The van der Waals surface area contributed by atoms with Crippen LogP contribution in [-0.2, 0) is 14.8 Å². The van der Waals surface area contributed by atoms with Crippen molar-refractivity contribution >= 4 is 15.9 Å². The minimum atomic E-state index is -3.57. The molecule has 1 atom stereocenters. The lowest BCUT2D eigenvalue weighted by molar-refractivity contribution is -0.139. The molecular weight excluding hydrogens is 392 g/mol. The van der Waals surface area contributed by atoms with E-state index in [0.717, 1.165) is 5.56 Å². The Morgan fingerprint density at radius 2 is 1.69 bits per heavy atom. The molecule has 0 aliphatic carbocycles. The first-order valence-electron chi connectivity index (χ1n) is 9.58. The summed E-state index contributed by atoms with van der Waals surface area (Å²) in [5, 5.41) is 9.31. The van der Waals surface area contributed by atoms with E-state index in [1.54, 1.807) is 48.2 Å². The standard InChI is InChI=1S/C21H26N2O5S/c1-15-3-9-20(10-4-15)29(26,27)22-17-11-13-23(14-12-17)21(25)16(2)28-19-7-5-18(24)6-8-19/h3-10,16-17,22,24H,11-14H2,1-2H3. The van der Waals surface area contributed by atoms with E-state index in [2.05, 4.69) is 4.72 Å². The second-order valence-corrected chi connectivity index (χ2v) is 9.00. The number of carbonyl (C=O) groups is 1. The highest BCUT2D eigenvalue weighted by Crippen LogP contribution is 2.20. The van der Waals surface area contributed by atoms with E-state index in [4.69, 9.17) is 4.74 Å². The molecule has 1 aliphatic rings. The normalized spacial score (nSPS) is 16.4. The van der Waals surface area contributed by atoms with E-state index in [-0.39, 0.29) is 22.6 Å². The Bertz CT molecular complexity index is 934. The Morgan fingerprint density at radius 3 is 2.28 bits per heavy atom. The number of benzene rings is 2. The average Bonchev–Trinajstić information content (AvgIpc) is 2.70. The number of phenols is 1. The lowest BCUT2D eigenvalue weighted by atomic mass is 10.1. The number of likely N-dealkylation sites (tertiary alicyclic amines) is 1. The molecule has 0 saturated carbocycles. The maximum Gasteiger partial charge on any atom is 0.263 e. The molecule has 1 aliphatic heterocycles. The summed E-state index contributed by atoms with van der Waals surface area (Å²) >= 11 is 0. The highest BCUT2D eigenvalue weighted by molar-refractivity contribution is 7.89. The summed E-state index contributed by atoms with van der Waals surface area (Å²) in [6.45, 7) is 4.51. The van der Waals surface area contributed by atoms with Gasteiger partial charge in [0.15, 0.2) is 6.10 Å². The molecule has 156 valence electrons. The number of nitrogens with one attached hydrogen (secondary N) is 1. The van der Waals surface area contributed by atoms with E-state index in [1.807, 2.05) is 6.92 Å². The van der Waals surface area contributed by atoms with Gasteiger partial charge in [0, 0.05) is 19.1 Å². The van der Waals surface area contributed by atoms with Gasteiger partial charge in [-0.25, -0.2) is 13.1 Å². The second kappa shape index (κ2) is 8.84. The summed E-state index contributed by atoms with van der Waals surface area (Å²) in [6.07, 6.45) is 0.422. The van der Waals surface area contributed by atoms with Crippen LogP contribution < -0.4 is 9.46 Å². The third-order valence-corrected chi connectivity index (χ3v) is 6.49. The van der Waals surface area contributed by atoms with Crippen molar-refractivity contribution in [3.05, 3.63) is 54.1 Å². The van der Waals surface area contributed by atoms with Crippen LogP contribution in [0.25, 0.3) is 0 Å². The topological polar surface area (TPSA) is 95.9 Å². The van der Waals surface area contributed by atoms with Gasteiger partial charge >= 0.3 is 0 Å². The van der Waals surface area contributed by atoms with Crippen LogP contribution in [0.15, 0.2) is 53.4 Å². The van der Waals surface area contributed by atoms with Crippen molar-refractivity contribution in [3.63, 3.8) is 0 Å². The number of hydrogen-bond donors (Lipinski definition) is 2. The third-order valence-electron chi connectivity index (χ3n) is 4.96. The molecule has 2 aromatic rings. The summed E-state index contributed by atoms with van der Waals surface area (Å²) in [5.74, 6) is 0.494. The molecule has 2 aromatic carbocycles. The van der Waals surface area contributed by atoms with Gasteiger partial charge in [-0.3, -0.25) is 4.79 Å². The fraction of sp³-hybridized carbons (Fsp3) is 0.381. The van der Waals surface area contributed by atoms with Crippen LogP contribution in [0.2, 0.25) is 0 Å². The molecule has 1 amide bonds. The van der Waals surface area contributed by atoms with Gasteiger partial charge in [0.2, 0.25) is 10.0 Å². The van der Waals surface area contributed by atoms with Crippen molar-refractivity contribution in [3.8, 4) is 11.5 Å². The number of aromatic hydroxyl groups is 1. The quantitative estimate of drug-likeness (QED) is 0.751. The highest BCUT2D eigenvalue weighted by atomic mass is 32.2. The molecule has 1 fully saturated rings. The zero-order chi connectivity index (χ0) is 21.0. The molecule has 8 heteroatoms. The third kappa shape index (κ3) is 5.48. The predicted octanol–water partition coefficient (Wildman–Crippen LogP) is 2.44. The van der Waals surface area contributed by atoms with Gasteiger partial charge in [0.05, 0.1) is 4.90 Å². The molecule has 29 heavy (non-hydrogen) atoms. The first-order chi connectivity index (χ1) is 13.7. The Morgan fingerprint density at radius 1 is 1.10 bits per heavy atom. The zero-order valence-corrected chi connectivity index (χ0v) is 17.4. The Labute approximate surface area is 171 Å². The molecule has 2 N–H and O–H groups in total. The summed E-state index contributed by atoms with van der Waals surface area (Å²) in [4.78, 5) is 14.6. The Hall–Kier alpha value is -2.58. The van der Waals surface area contributed by atoms with Crippen molar-refractivity contribution in [1.29, 1.82) is 0 Å². The molecule has 7 nitrogen and oxygen atoms in total. The average molecular weight is 419 g/mol. The van der Waals surface area contributed by atoms with Crippen molar-refractivity contribution in [1.82, 2.24) is 9.62 Å². The Kier molecular flexibility index (Phi) is 6.44. The molecule has 1 heterocycles. The first-order valence-corrected chi connectivity index (χ1v) is 11.1. The van der Waals surface area contributed by atoms with Gasteiger partial charge in [-0.1, -0.05) is 17.7 Å². The number of phenolic OH excluding ortho intramolecular Hbond substituents is 1. The largest absolute Gasteiger partial charge is 0.508 e. The van der Waals surface area contributed by atoms with Crippen LogP contribution in [0.3, 0.4) is 0 Å². The van der Waals surface area contributed by atoms with Gasteiger partial charge < -0.3 is 14.7 Å². The maximum absolute atomic E-state index is 12.6. The fourth-order valence-corrected chi connectivity index (χ4v) is 4.56. The van der Waals surface area contributed by atoms with E-state index in [9.17, 15) is 18.3 Å². The predicted molar refractivity (Wildman–Crippen MR) is 109 cm³/mol. The van der Waals surface area contributed by atoms with E-state index in [1.165, 1.54) is 12.1 Å². The van der Waals surface area contributed by atoms with Crippen LogP contribution >= 0.6 is 0 Å². The summed E-state index contributed by atoms with van der Waals surface area (Å²) in [5.41, 5.74) is 0.999. The fourth-order valence-electron chi connectivity index (χ4n) is 3.26. The van der Waals surface area contributed by atoms with Crippen molar-refractivity contribution in [2.75, 3.05) is 13.1 Å². The minimum Gasteiger partial charge on any atom is -0.508 e. The lowest BCUT2D eigenvalue weighted by Crippen LogP contribution is -2.49. The highest BCUT2D eigenvalue weighted by Gasteiger charge is 2.29. The second-order valence-electron chi connectivity index (χ2n) is 7.29. The molecule has 0 bridgehead atoms. The zero-order valence-electron chi connectivity index (χ0n) is 16.5. The van der Waals surface area contributed by atoms with E-state index < -0.39 is 16.1 Å². The molecule has 0 radical (unpaired) electrons. The first kappa shape index (κ1) is 21.1. The number of piperidine rings is 1. The number of ether oxygens (including phenoxy) is 1. The number of nitrogens with zero attached hydrogens (tertiary/aromatic N) is 1. The monoisotopic (exact) mass is 418 g/mol. The van der Waals surface area contributed by atoms with Crippen LogP contribution in [0, 0.1) is 6.92 Å². The number of amides is 1. The smallest absolute Gasteiger partial charge is 0.263 e. The minimum absolute atomic E-state index is 0.131. The van der Waals surface area contributed by atoms with Gasteiger partial charge in [0.25, 0.3) is 5.91 Å². The molecule has 1 unspecified atom stereocenters. The number of rotatable bonds is 6.